The zero-order chi connectivity index (χ0) is 18.3. The Kier molecular flexibility index (Phi) is 4.24. The number of anilines is 1. The molecule has 1 aliphatic rings. The Morgan fingerprint density at radius 2 is 1.96 bits per heavy atom. The number of piperidine rings is 1. The van der Waals surface area contributed by atoms with Crippen LogP contribution in [0, 0.1) is 12.7 Å². The number of phenolic OH excluding ortho intramolecular Hbond substituents is 1. The van der Waals surface area contributed by atoms with Gasteiger partial charge in [0.2, 0.25) is 0 Å². The Bertz CT molecular complexity index is 965. The SMILES string of the molecule is Cc1cccc2c(-c3ccc(O)c(F)c3)cnc(N3CCC(N)CC3)c12. The van der Waals surface area contributed by atoms with Crippen molar-refractivity contribution in [1.82, 2.24) is 4.98 Å². The quantitative estimate of drug-likeness (QED) is 0.733. The predicted octanol–water partition coefficient (Wildman–Crippen LogP) is 3.98. The highest BCUT2D eigenvalue weighted by Crippen LogP contribution is 2.36. The Labute approximate surface area is 152 Å². The van der Waals surface area contributed by atoms with Gasteiger partial charge < -0.3 is 15.7 Å². The minimum Gasteiger partial charge on any atom is -0.505 e. The van der Waals surface area contributed by atoms with E-state index in [-0.39, 0.29) is 11.8 Å². The summed E-state index contributed by atoms with van der Waals surface area (Å²) in [4.78, 5) is 7.04. The Hall–Kier alpha value is -2.66. The van der Waals surface area contributed by atoms with E-state index in [9.17, 15) is 9.50 Å². The van der Waals surface area contributed by atoms with Crippen LogP contribution in [0.25, 0.3) is 21.9 Å². The average molecular weight is 351 g/mol. The van der Waals surface area contributed by atoms with E-state index in [0.29, 0.717) is 5.56 Å². The summed E-state index contributed by atoms with van der Waals surface area (Å²) in [6.45, 7) is 3.86. The standard InChI is InChI=1S/C21H22FN3O/c1-13-3-2-4-16-17(14-5-6-19(26)18(22)11-14)12-24-21(20(13)16)25-9-7-15(23)8-10-25/h2-6,11-12,15,26H,7-10,23H2,1H3. The number of nitrogens with two attached hydrogens (primary N) is 1. The molecule has 1 aliphatic heterocycles. The van der Waals surface area contributed by atoms with Crippen molar-refractivity contribution in [3.63, 3.8) is 0 Å². The number of nitrogens with zero attached hydrogens (tertiary/aromatic N) is 2. The van der Waals surface area contributed by atoms with Gasteiger partial charge in [-0.15, -0.1) is 0 Å². The summed E-state index contributed by atoms with van der Waals surface area (Å²) >= 11 is 0. The van der Waals surface area contributed by atoms with Crippen molar-refractivity contribution in [3.05, 3.63) is 54.0 Å². The smallest absolute Gasteiger partial charge is 0.165 e. The van der Waals surface area contributed by atoms with E-state index in [1.165, 1.54) is 12.1 Å². The number of fused-ring (bicyclic) bond motifs is 1. The lowest BCUT2D eigenvalue weighted by Gasteiger charge is -2.32. The molecule has 2 heterocycles. The van der Waals surface area contributed by atoms with Crippen molar-refractivity contribution in [2.75, 3.05) is 18.0 Å². The second-order valence-corrected chi connectivity index (χ2v) is 6.98. The van der Waals surface area contributed by atoms with Crippen LogP contribution in [-0.4, -0.2) is 29.2 Å². The van der Waals surface area contributed by atoms with Gasteiger partial charge in [0, 0.05) is 36.3 Å². The molecule has 4 nitrogen and oxygen atoms in total. The number of aryl methyl sites for hydroxylation is 1. The second kappa shape index (κ2) is 6.57. The molecule has 0 aliphatic carbocycles. The molecule has 0 amide bonds. The number of benzene rings is 2. The van der Waals surface area contributed by atoms with E-state index in [0.717, 1.165) is 53.6 Å². The number of phenols is 1. The lowest BCUT2D eigenvalue weighted by molar-refractivity contribution is 0.432. The fourth-order valence-electron chi connectivity index (χ4n) is 3.70. The topological polar surface area (TPSA) is 62.4 Å². The molecule has 4 rings (SSSR count). The molecule has 3 aromatic rings. The maximum atomic E-state index is 13.9. The summed E-state index contributed by atoms with van der Waals surface area (Å²) in [6.07, 6.45) is 3.72. The van der Waals surface area contributed by atoms with Gasteiger partial charge >= 0.3 is 0 Å². The van der Waals surface area contributed by atoms with Gasteiger partial charge in [-0.3, -0.25) is 0 Å². The number of halogens is 1. The van der Waals surface area contributed by atoms with Crippen LogP contribution in [0.3, 0.4) is 0 Å². The molecule has 2 aromatic carbocycles. The number of pyridine rings is 1. The number of rotatable bonds is 2. The zero-order valence-electron chi connectivity index (χ0n) is 14.7. The van der Waals surface area contributed by atoms with Gasteiger partial charge in [0.25, 0.3) is 0 Å². The molecular formula is C21H22FN3O. The molecule has 0 spiro atoms. The normalized spacial score (nSPS) is 15.6. The van der Waals surface area contributed by atoms with Gasteiger partial charge in [0.05, 0.1) is 0 Å². The van der Waals surface area contributed by atoms with Crippen molar-refractivity contribution in [1.29, 1.82) is 0 Å². The Morgan fingerprint density at radius 3 is 2.69 bits per heavy atom. The van der Waals surface area contributed by atoms with Gasteiger partial charge in [0.15, 0.2) is 11.6 Å². The summed E-state index contributed by atoms with van der Waals surface area (Å²) in [6, 6.07) is 10.8. The number of hydrogen-bond acceptors (Lipinski definition) is 4. The minimum atomic E-state index is -0.627. The Morgan fingerprint density at radius 1 is 1.19 bits per heavy atom. The molecule has 5 heteroatoms. The monoisotopic (exact) mass is 351 g/mol. The first-order chi connectivity index (χ1) is 12.5. The van der Waals surface area contributed by atoms with E-state index in [4.69, 9.17) is 10.7 Å². The first-order valence-corrected chi connectivity index (χ1v) is 8.92. The molecular weight excluding hydrogens is 329 g/mol. The maximum absolute atomic E-state index is 13.9. The lowest BCUT2D eigenvalue weighted by Crippen LogP contribution is -2.40. The third-order valence-corrected chi connectivity index (χ3v) is 5.20. The minimum absolute atomic E-state index is 0.262. The third kappa shape index (κ3) is 2.88. The molecule has 134 valence electrons. The summed E-state index contributed by atoms with van der Waals surface area (Å²) in [5.41, 5.74) is 8.75. The molecule has 1 fully saturated rings. The van der Waals surface area contributed by atoms with E-state index in [1.54, 1.807) is 12.3 Å². The van der Waals surface area contributed by atoms with Crippen molar-refractivity contribution in [2.24, 2.45) is 5.73 Å². The molecule has 0 unspecified atom stereocenters. The molecule has 1 aromatic heterocycles. The van der Waals surface area contributed by atoms with Crippen molar-refractivity contribution >= 4 is 16.6 Å². The summed E-state index contributed by atoms with van der Waals surface area (Å²) in [5.74, 6) is -0.00568. The van der Waals surface area contributed by atoms with Crippen LogP contribution in [0.1, 0.15) is 18.4 Å². The van der Waals surface area contributed by atoms with Gasteiger partial charge in [-0.05, 0) is 48.4 Å². The summed E-state index contributed by atoms with van der Waals surface area (Å²) in [7, 11) is 0. The van der Waals surface area contributed by atoms with Gasteiger partial charge in [-0.2, -0.15) is 0 Å². The summed E-state index contributed by atoms with van der Waals surface area (Å²) in [5, 5.41) is 11.6. The molecule has 0 bridgehead atoms. The molecule has 0 atom stereocenters. The second-order valence-electron chi connectivity index (χ2n) is 6.98. The van der Waals surface area contributed by atoms with Crippen LogP contribution in [0.15, 0.2) is 42.6 Å². The van der Waals surface area contributed by atoms with Crippen molar-refractivity contribution in [3.8, 4) is 16.9 Å². The van der Waals surface area contributed by atoms with Crippen LogP contribution in [0.2, 0.25) is 0 Å². The van der Waals surface area contributed by atoms with Crippen LogP contribution in [0.5, 0.6) is 5.75 Å². The molecule has 0 radical (unpaired) electrons. The molecule has 0 saturated carbocycles. The lowest BCUT2D eigenvalue weighted by atomic mass is 9.96. The third-order valence-electron chi connectivity index (χ3n) is 5.20. The first-order valence-electron chi connectivity index (χ1n) is 8.92. The fraction of sp³-hybridized carbons (Fsp3) is 0.286. The molecule has 1 saturated heterocycles. The van der Waals surface area contributed by atoms with Gasteiger partial charge in [-0.25, -0.2) is 9.37 Å². The predicted molar refractivity (Wildman–Crippen MR) is 103 cm³/mol. The average Bonchev–Trinajstić information content (AvgIpc) is 2.64. The van der Waals surface area contributed by atoms with Crippen LogP contribution in [0.4, 0.5) is 10.2 Å². The van der Waals surface area contributed by atoms with Crippen molar-refractivity contribution < 1.29 is 9.50 Å². The van der Waals surface area contributed by atoms with Gasteiger partial charge in [0.1, 0.15) is 5.82 Å². The highest BCUT2D eigenvalue weighted by Gasteiger charge is 2.21. The van der Waals surface area contributed by atoms with E-state index >= 15 is 0 Å². The largest absolute Gasteiger partial charge is 0.505 e. The van der Waals surface area contributed by atoms with Crippen LogP contribution < -0.4 is 10.6 Å². The molecule has 26 heavy (non-hydrogen) atoms. The van der Waals surface area contributed by atoms with E-state index in [2.05, 4.69) is 17.9 Å². The van der Waals surface area contributed by atoms with E-state index in [1.807, 2.05) is 12.1 Å². The Balaban J connectivity index is 1.88. The number of aromatic nitrogens is 1. The van der Waals surface area contributed by atoms with E-state index < -0.39 is 5.82 Å². The zero-order valence-corrected chi connectivity index (χ0v) is 14.7. The van der Waals surface area contributed by atoms with Crippen molar-refractivity contribution in [2.45, 2.75) is 25.8 Å². The van der Waals surface area contributed by atoms with Gasteiger partial charge in [-0.1, -0.05) is 24.3 Å². The molecule has 3 N–H and O–H groups in total. The highest BCUT2D eigenvalue weighted by molar-refractivity contribution is 6.03. The maximum Gasteiger partial charge on any atom is 0.165 e. The number of aromatic hydroxyl groups is 1. The van der Waals surface area contributed by atoms with Crippen LogP contribution in [-0.2, 0) is 0 Å². The fourth-order valence-corrected chi connectivity index (χ4v) is 3.70. The summed E-state index contributed by atoms with van der Waals surface area (Å²) < 4.78 is 13.9. The number of hydrogen-bond donors (Lipinski definition) is 2. The van der Waals surface area contributed by atoms with Crippen LogP contribution >= 0.6 is 0 Å². The first kappa shape index (κ1) is 16.8. The highest BCUT2D eigenvalue weighted by atomic mass is 19.1.